The van der Waals surface area contributed by atoms with Gasteiger partial charge in [0, 0.05) is 6.07 Å². The molecular formula is C8H9F2N3O. The zero-order valence-electron chi connectivity index (χ0n) is 7.38. The standard InChI is InChI=1S/C8H9F2N3O/c1-4-2-6(10)7(3-5(4)9)12-8(11)13-14/h2-3,14H,1H3,(H3,11,12,13). The zero-order chi connectivity index (χ0) is 10.7. The molecule has 0 fully saturated rings. The molecule has 0 aliphatic rings. The Balaban J connectivity index is 3.16. The van der Waals surface area contributed by atoms with Crippen molar-refractivity contribution in [1.29, 1.82) is 0 Å². The molecule has 14 heavy (non-hydrogen) atoms. The van der Waals surface area contributed by atoms with E-state index in [1.165, 1.54) is 12.4 Å². The smallest absolute Gasteiger partial charge is 0.218 e. The van der Waals surface area contributed by atoms with Gasteiger partial charge < -0.3 is 5.73 Å². The second-order valence-corrected chi connectivity index (χ2v) is 2.66. The Bertz CT molecular complexity index is 379. The highest BCUT2D eigenvalue weighted by Gasteiger charge is 2.06. The molecule has 4 N–H and O–H groups in total. The molecule has 0 bridgehead atoms. The van der Waals surface area contributed by atoms with E-state index in [4.69, 9.17) is 10.9 Å². The zero-order valence-corrected chi connectivity index (χ0v) is 7.38. The van der Waals surface area contributed by atoms with E-state index in [0.29, 0.717) is 0 Å². The Morgan fingerprint density at radius 3 is 2.64 bits per heavy atom. The Morgan fingerprint density at radius 2 is 2.07 bits per heavy atom. The second-order valence-electron chi connectivity index (χ2n) is 2.66. The third-order valence-electron chi connectivity index (χ3n) is 1.58. The van der Waals surface area contributed by atoms with Crippen molar-refractivity contribution in [2.24, 2.45) is 10.7 Å². The highest BCUT2D eigenvalue weighted by Crippen LogP contribution is 2.21. The molecule has 1 aromatic carbocycles. The average Bonchev–Trinajstić information content (AvgIpc) is 2.14. The molecule has 1 aromatic rings. The lowest BCUT2D eigenvalue weighted by Crippen LogP contribution is -2.27. The molecule has 4 nitrogen and oxygen atoms in total. The maximum atomic E-state index is 13.1. The topological polar surface area (TPSA) is 70.6 Å². The molecule has 0 spiro atoms. The van der Waals surface area contributed by atoms with E-state index in [1.54, 1.807) is 0 Å². The molecular weight excluding hydrogens is 192 g/mol. The van der Waals surface area contributed by atoms with Crippen LogP contribution < -0.4 is 11.2 Å². The van der Waals surface area contributed by atoms with Crippen LogP contribution in [0.1, 0.15) is 5.56 Å². The Morgan fingerprint density at radius 1 is 1.43 bits per heavy atom. The molecule has 76 valence electrons. The Kier molecular flexibility index (Phi) is 2.98. The number of rotatable bonds is 1. The molecule has 0 saturated carbocycles. The summed E-state index contributed by atoms with van der Waals surface area (Å²) in [6.45, 7) is 1.43. The third-order valence-corrected chi connectivity index (χ3v) is 1.58. The van der Waals surface area contributed by atoms with Crippen LogP contribution in [0.25, 0.3) is 0 Å². The van der Waals surface area contributed by atoms with Gasteiger partial charge in [0.15, 0.2) is 0 Å². The monoisotopic (exact) mass is 201 g/mol. The summed E-state index contributed by atoms with van der Waals surface area (Å²) in [6.07, 6.45) is 0. The van der Waals surface area contributed by atoms with E-state index in [-0.39, 0.29) is 11.3 Å². The molecule has 0 saturated heterocycles. The number of nitrogens with two attached hydrogens (primary N) is 1. The lowest BCUT2D eigenvalue weighted by Gasteiger charge is -2.01. The predicted octanol–water partition coefficient (Wildman–Crippen LogP) is 1.20. The van der Waals surface area contributed by atoms with Crippen LogP contribution >= 0.6 is 0 Å². The number of nitrogens with one attached hydrogen (secondary N) is 1. The van der Waals surface area contributed by atoms with E-state index in [1.807, 2.05) is 0 Å². The summed E-state index contributed by atoms with van der Waals surface area (Å²) in [7, 11) is 0. The number of nitrogens with zero attached hydrogens (tertiary/aromatic N) is 1. The van der Waals surface area contributed by atoms with Crippen molar-refractivity contribution >= 4 is 11.6 Å². The average molecular weight is 201 g/mol. The van der Waals surface area contributed by atoms with Crippen molar-refractivity contribution in [2.75, 3.05) is 0 Å². The van der Waals surface area contributed by atoms with Crippen LogP contribution in [0.4, 0.5) is 14.5 Å². The molecule has 0 aliphatic carbocycles. The number of hydrogen-bond acceptors (Lipinski definition) is 2. The molecule has 0 amide bonds. The SMILES string of the molecule is Cc1cc(F)c(N=C(N)NO)cc1F. The Labute approximate surface area is 79.0 Å². The van der Waals surface area contributed by atoms with E-state index in [9.17, 15) is 8.78 Å². The molecule has 6 heteroatoms. The van der Waals surface area contributed by atoms with Crippen LogP contribution in [-0.4, -0.2) is 11.2 Å². The fourth-order valence-electron chi connectivity index (χ4n) is 0.876. The summed E-state index contributed by atoms with van der Waals surface area (Å²) >= 11 is 0. The lowest BCUT2D eigenvalue weighted by atomic mass is 10.2. The van der Waals surface area contributed by atoms with Gasteiger partial charge in [-0.15, -0.1) is 0 Å². The number of hydrogen-bond donors (Lipinski definition) is 3. The predicted molar refractivity (Wildman–Crippen MR) is 47.3 cm³/mol. The van der Waals surface area contributed by atoms with Crippen LogP contribution in [-0.2, 0) is 0 Å². The van der Waals surface area contributed by atoms with Gasteiger partial charge in [-0.3, -0.25) is 5.21 Å². The largest absolute Gasteiger partial charge is 0.368 e. The number of halogens is 2. The van der Waals surface area contributed by atoms with E-state index < -0.39 is 17.6 Å². The third kappa shape index (κ3) is 2.17. The number of hydroxylamine groups is 1. The normalized spacial score (nSPS) is 11.6. The van der Waals surface area contributed by atoms with Gasteiger partial charge in [0.25, 0.3) is 0 Å². The minimum atomic E-state index is -0.706. The molecule has 0 radical (unpaired) electrons. The van der Waals surface area contributed by atoms with E-state index in [0.717, 1.165) is 12.1 Å². The van der Waals surface area contributed by atoms with E-state index in [2.05, 4.69) is 4.99 Å². The molecule has 0 aromatic heterocycles. The Hall–Kier alpha value is -1.69. The van der Waals surface area contributed by atoms with Gasteiger partial charge in [-0.05, 0) is 18.6 Å². The summed E-state index contributed by atoms with van der Waals surface area (Å²) in [5, 5.41) is 8.29. The van der Waals surface area contributed by atoms with Crippen LogP contribution in [0.15, 0.2) is 17.1 Å². The van der Waals surface area contributed by atoms with Gasteiger partial charge >= 0.3 is 0 Å². The van der Waals surface area contributed by atoms with Crippen LogP contribution in [0.5, 0.6) is 0 Å². The minimum Gasteiger partial charge on any atom is -0.368 e. The van der Waals surface area contributed by atoms with Gasteiger partial charge in [-0.1, -0.05) is 0 Å². The van der Waals surface area contributed by atoms with Crippen LogP contribution in [0, 0.1) is 18.6 Å². The van der Waals surface area contributed by atoms with Crippen molar-refractivity contribution < 1.29 is 14.0 Å². The summed E-state index contributed by atoms with van der Waals surface area (Å²) < 4.78 is 26.0. The quantitative estimate of drug-likeness (QED) is 0.363. The van der Waals surface area contributed by atoms with Crippen molar-refractivity contribution in [3.05, 3.63) is 29.3 Å². The number of guanidine groups is 1. The second kappa shape index (κ2) is 4.01. The molecule has 0 heterocycles. The molecule has 1 rings (SSSR count). The number of aliphatic imine (C=N–C) groups is 1. The van der Waals surface area contributed by atoms with Crippen LogP contribution in [0.3, 0.4) is 0 Å². The highest BCUT2D eigenvalue weighted by molar-refractivity contribution is 5.79. The highest BCUT2D eigenvalue weighted by atomic mass is 19.1. The molecule has 0 aliphatic heterocycles. The van der Waals surface area contributed by atoms with Gasteiger partial charge in [-0.2, -0.15) is 0 Å². The summed E-state index contributed by atoms with van der Waals surface area (Å²) in [5.41, 5.74) is 6.48. The van der Waals surface area contributed by atoms with Crippen LogP contribution in [0.2, 0.25) is 0 Å². The van der Waals surface area contributed by atoms with E-state index >= 15 is 0 Å². The fraction of sp³-hybridized carbons (Fsp3) is 0.125. The van der Waals surface area contributed by atoms with Gasteiger partial charge in [0.1, 0.15) is 17.3 Å². The van der Waals surface area contributed by atoms with Gasteiger partial charge in [-0.25, -0.2) is 19.3 Å². The van der Waals surface area contributed by atoms with Crippen molar-refractivity contribution in [2.45, 2.75) is 6.92 Å². The fourth-order valence-corrected chi connectivity index (χ4v) is 0.876. The molecule has 0 atom stereocenters. The first-order valence-electron chi connectivity index (χ1n) is 3.74. The van der Waals surface area contributed by atoms with Crippen molar-refractivity contribution in [1.82, 2.24) is 5.48 Å². The molecule has 0 unspecified atom stereocenters. The summed E-state index contributed by atoms with van der Waals surface area (Å²) in [5.74, 6) is -1.70. The van der Waals surface area contributed by atoms with Gasteiger partial charge in [0.05, 0.1) is 0 Å². The first kappa shape index (κ1) is 10.4. The lowest BCUT2D eigenvalue weighted by molar-refractivity contribution is 0.233. The maximum absolute atomic E-state index is 13.1. The minimum absolute atomic E-state index is 0.178. The first-order chi connectivity index (χ1) is 6.54. The maximum Gasteiger partial charge on any atom is 0.218 e. The van der Waals surface area contributed by atoms with Gasteiger partial charge in [0.2, 0.25) is 5.96 Å². The van der Waals surface area contributed by atoms with Crippen molar-refractivity contribution in [3.63, 3.8) is 0 Å². The first-order valence-corrected chi connectivity index (χ1v) is 3.74. The number of aryl methyl sites for hydroxylation is 1. The van der Waals surface area contributed by atoms with Crippen molar-refractivity contribution in [3.8, 4) is 0 Å². The summed E-state index contributed by atoms with van der Waals surface area (Å²) in [6, 6.07) is 1.90. The summed E-state index contributed by atoms with van der Waals surface area (Å²) in [4.78, 5) is 3.40. The number of benzene rings is 1.